The van der Waals surface area contributed by atoms with Gasteiger partial charge in [-0.05, 0) is 18.2 Å². The minimum Gasteiger partial charge on any atom is -0.493 e. The summed E-state index contributed by atoms with van der Waals surface area (Å²) in [4.78, 5) is 12.0. The van der Waals surface area contributed by atoms with E-state index in [-0.39, 0.29) is 12.1 Å². The first-order valence-electron chi connectivity index (χ1n) is 6.67. The molecule has 20 heavy (non-hydrogen) atoms. The number of carbonyl (C=O) groups is 1. The Morgan fingerprint density at radius 2 is 1.80 bits per heavy atom. The summed E-state index contributed by atoms with van der Waals surface area (Å²) in [6.45, 7) is 0.618. The van der Waals surface area contributed by atoms with Crippen LogP contribution in [-0.4, -0.2) is 12.6 Å². The van der Waals surface area contributed by atoms with Gasteiger partial charge >= 0.3 is 6.03 Å². The van der Waals surface area contributed by atoms with Crippen LogP contribution in [0.25, 0.3) is 0 Å². The van der Waals surface area contributed by atoms with Gasteiger partial charge in [-0.2, -0.15) is 0 Å². The van der Waals surface area contributed by atoms with Gasteiger partial charge in [0, 0.05) is 17.7 Å². The minimum atomic E-state index is -0.196. The molecule has 0 spiro atoms. The van der Waals surface area contributed by atoms with Crippen molar-refractivity contribution < 1.29 is 9.53 Å². The van der Waals surface area contributed by atoms with Crippen molar-refractivity contribution >= 4 is 11.7 Å². The van der Waals surface area contributed by atoms with E-state index in [0.717, 1.165) is 23.4 Å². The Bertz CT molecular complexity index is 598. The molecule has 1 aliphatic heterocycles. The molecule has 0 saturated carbocycles. The van der Waals surface area contributed by atoms with Crippen LogP contribution in [0.3, 0.4) is 0 Å². The van der Waals surface area contributed by atoms with E-state index in [2.05, 4.69) is 10.6 Å². The van der Waals surface area contributed by atoms with Crippen LogP contribution in [0.1, 0.15) is 18.0 Å². The Hall–Kier alpha value is -2.49. The van der Waals surface area contributed by atoms with Gasteiger partial charge in [0.05, 0.1) is 12.6 Å². The van der Waals surface area contributed by atoms with Gasteiger partial charge in [-0.15, -0.1) is 0 Å². The van der Waals surface area contributed by atoms with E-state index in [1.165, 1.54) is 0 Å². The molecule has 4 nitrogen and oxygen atoms in total. The van der Waals surface area contributed by atoms with E-state index in [1.54, 1.807) is 0 Å². The Kier molecular flexibility index (Phi) is 3.54. The summed E-state index contributed by atoms with van der Waals surface area (Å²) in [5.74, 6) is 0.851. The van der Waals surface area contributed by atoms with E-state index in [4.69, 9.17) is 4.74 Å². The molecule has 0 aliphatic carbocycles. The minimum absolute atomic E-state index is 0.0105. The molecule has 0 aromatic heterocycles. The highest BCUT2D eigenvalue weighted by atomic mass is 16.5. The topological polar surface area (TPSA) is 50.4 Å². The molecule has 2 N–H and O–H groups in total. The van der Waals surface area contributed by atoms with Crippen molar-refractivity contribution in [2.45, 2.75) is 12.5 Å². The number of hydrogen-bond donors (Lipinski definition) is 2. The zero-order valence-electron chi connectivity index (χ0n) is 11.0. The predicted octanol–water partition coefficient (Wildman–Crippen LogP) is 3.33. The first-order valence-corrected chi connectivity index (χ1v) is 6.67. The molecule has 2 aromatic rings. The molecule has 1 heterocycles. The van der Waals surface area contributed by atoms with Crippen LogP contribution in [0, 0.1) is 0 Å². The van der Waals surface area contributed by atoms with Crippen LogP contribution in [0.4, 0.5) is 10.5 Å². The highest BCUT2D eigenvalue weighted by Gasteiger charge is 2.22. The fraction of sp³-hybridized carbons (Fsp3) is 0.188. The number of para-hydroxylation sites is 2. The van der Waals surface area contributed by atoms with Crippen LogP contribution in [0.5, 0.6) is 5.75 Å². The first-order chi connectivity index (χ1) is 9.83. The van der Waals surface area contributed by atoms with Gasteiger partial charge < -0.3 is 15.4 Å². The summed E-state index contributed by atoms with van der Waals surface area (Å²) in [6, 6.07) is 17.0. The van der Waals surface area contributed by atoms with E-state index in [1.807, 2.05) is 54.6 Å². The average Bonchev–Trinajstić information content (AvgIpc) is 2.48. The number of fused-ring (bicyclic) bond motifs is 1. The van der Waals surface area contributed by atoms with Gasteiger partial charge in [0.15, 0.2) is 0 Å². The van der Waals surface area contributed by atoms with Crippen molar-refractivity contribution in [1.29, 1.82) is 0 Å². The third-order valence-corrected chi connectivity index (χ3v) is 3.30. The van der Waals surface area contributed by atoms with E-state index >= 15 is 0 Å². The summed E-state index contributed by atoms with van der Waals surface area (Å²) in [6.07, 6.45) is 0.777. The number of nitrogens with one attached hydrogen (secondary N) is 2. The third-order valence-electron chi connectivity index (χ3n) is 3.30. The van der Waals surface area contributed by atoms with E-state index in [0.29, 0.717) is 6.61 Å². The number of anilines is 1. The maximum absolute atomic E-state index is 12.0. The number of hydrogen-bond acceptors (Lipinski definition) is 2. The molecule has 1 atom stereocenters. The second-order valence-corrected chi connectivity index (χ2v) is 4.69. The Labute approximate surface area is 117 Å². The largest absolute Gasteiger partial charge is 0.493 e. The monoisotopic (exact) mass is 268 g/mol. The van der Waals surface area contributed by atoms with Crippen molar-refractivity contribution in [1.82, 2.24) is 5.32 Å². The highest BCUT2D eigenvalue weighted by molar-refractivity contribution is 5.89. The number of ether oxygens (including phenoxy) is 1. The smallest absolute Gasteiger partial charge is 0.319 e. The molecule has 0 radical (unpaired) electrons. The zero-order valence-corrected chi connectivity index (χ0v) is 11.0. The summed E-state index contributed by atoms with van der Waals surface area (Å²) >= 11 is 0. The van der Waals surface area contributed by atoms with Crippen molar-refractivity contribution in [2.75, 3.05) is 11.9 Å². The lowest BCUT2D eigenvalue weighted by atomic mass is 10.0. The third kappa shape index (κ3) is 2.74. The second kappa shape index (κ2) is 5.65. The molecule has 1 aliphatic rings. The molecular weight excluding hydrogens is 252 g/mol. The summed E-state index contributed by atoms with van der Waals surface area (Å²) in [5, 5.41) is 5.82. The molecule has 102 valence electrons. The average molecular weight is 268 g/mol. The second-order valence-electron chi connectivity index (χ2n) is 4.69. The standard InChI is InChI=1S/C16H16N2O2/c19-16(17-12-6-2-1-3-7-12)18-14-10-11-20-15-9-5-4-8-13(14)15/h1-9,14H,10-11H2,(H2,17,18,19). The van der Waals surface area contributed by atoms with Gasteiger partial charge in [0.2, 0.25) is 0 Å². The molecular formula is C16H16N2O2. The van der Waals surface area contributed by atoms with Crippen LogP contribution in [0.2, 0.25) is 0 Å². The normalized spacial score (nSPS) is 16.7. The molecule has 1 unspecified atom stereocenters. The maximum Gasteiger partial charge on any atom is 0.319 e. The summed E-state index contributed by atoms with van der Waals surface area (Å²) < 4.78 is 5.58. The fourth-order valence-electron chi connectivity index (χ4n) is 2.34. The molecule has 0 bridgehead atoms. The van der Waals surface area contributed by atoms with Gasteiger partial charge in [-0.1, -0.05) is 36.4 Å². The van der Waals surface area contributed by atoms with Crippen molar-refractivity contribution in [3.05, 3.63) is 60.2 Å². The molecule has 2 amide bonds. The highest BCUT2D eigenvalue weighted by Crippen LogP contribution is 2.31. The zero-order chi connectivity index (χ0) is 13.8. The molecule has 4 heteroatoms. The Morgan fingerprint density at radius 1 is 1.05 bits per heavy atom. The van der Waals surface area contributed by atoms with Crippen molar-refractivity contribution in [3.8, 4) is 5.75 Å². The number of amides is 2. The predicted molar refractivity (Wildman–Crippen MR) is 77.9 cm³/mol. The lowest BCUT2D eigenvalue weighted by Crippen LogP contribution is -2.35. The lowest BCUT2D eigenvalue weighted by molar-refractivity contribution is 0.232. The molecule has 0 saturated heterocycles. The van der Waals surface area contributed by atoms with E-state index in [9.17, 15) is 4.79 Å². The Morgan fingerprint density at radius 3 is 2.65 bits per heavy atom. The summed E-state index contributed by atoms with van der Waals surface area (Å²) in [7, 11) is 0. The molecule has 0 fully saturated rings. The molecule has 3 rings (SSSR count). The number of carbonyl (C=O) groups excluding carboxylic acids is 1. The van der Waals surface area contributed by atoms with Crippen LogP contribution in [0.15, 0.2) is 54.6 Å². The lowest BCUT2D eigenvalue weighted by Gasteiger charge is -2.26. The maximum atomic E-state index is 12.0. The van der Waals surface area contributed by atoms with Crippen LogP contribution >= 0.6 is 0 Å². The van der Waals surface area contributed by atoms with E-state index < -0.39 is 0 Å². The SMILES string of the molecule is O=C(Nc1ccccc1)NC1CCOc2ccccc21. The summed E-state index contributed by atoms with van der Waals surface area (Å²) in [5.41, 5.74) is 1.81. The van der Waals surface area contributed by atoms with Gasteiger partial charge in [-0.25, -0.2) is 4.79 Å². The number of benzene rings is 2. The van der Waals surface area contributed by atoms with Crippen LogP contribution in [-0.2, 0) is 0 Å². The van der Waals surface area contributed by atoms with Gasteiger partial charge in [0.25, 0.3) is 0 Å². The van der Waals surface area contributed by atoms with Crippen molar-refractivity contribution in [3.63, 3.8) is 0 Å². The molecule has 2 aromatic carbocycles. The number of urea groups is 1. The number of rotatable bonds is 2. The fourth-order valence-corrected chi connectivity index (χ4v) is 2.34. The van der Waals surface area contributed by atoms with Gasteiger partial charge in [-0.3, -0.25) is 0 Å². The first kappa shape index (κ1) is 12.5. The van der Waals surface area contributed by atoms with Gasteiger partial charge in [0.1, 0.15) is 5.75 Å². The Balaban J connectivity index is 1.68. The van der Waals surface area contributed by atoms with Crippen molar-refractivity contribution in [2.24, 2.45) is 0 Å². The van der Waals surface area contributed by atoms with Crippen LogP contribution < -0.4 is 15.4 Å². The quantitative estimate of drug-likeness (QED) is 0.877.